The summed E-state index contributed by atoms with van der Waals surface area (Å²) in [6.45, 7) is 0.272. The lowest BCUT2D eigenvalue weighted by molar-refractivity contribution is -0.384. The number of nitrogens with zero attached hydrogens (tertiary/aromatic N) is 4. The first-order valence-corrected chi connectivity index (χ1v) is 9.67. The maximum Gasteiger partial charge on any atom is 0.271 e. The van der Waals surface area contributed by atoms with Crippen molar-refractivity contribution < 1.29 is 9.72 Å². The maximum absolute atomic E-state index is 13.0. The minimum absolute atomic E-state index is 0.103. The van der Waals surface area contributed by atoms with Crippen molar-refractivity contribution in [2.24, 2.45) is 0 Å². The SMILES string of the molecule is O=C(NCc1cccnc1)c1cc(-c2ccccc2Cl)nn1-c1cccc([N+](=O)[O-])c1. The van der Waals surface area contributed by atoms with Gasteiger partial charge in [0.2, 0.25) is 0 Å². The first-order chi connectivity index (χ1) is 15.0. The minimum Gasteiger partial charge on any atom is -0.347 e. The van der Waals surface area contributed by atoms with Crippen LogP contribution in [0.2, 0.25) is 5.02 Å². The Bertz CT molecular complexity index is 1260. The fourth-order valence-corrected chi connectivity index (χ4v) is 3.29. The molecule has 8 nitrogen and oxygen atoms in total. The van der Waals surface area contributed by atoms with Gasteiger partial charge in [0.25, 0.3) is 11.6 Å². The van der Waals surface area contributed by atoms with Crippen LogP contribution in [0.1, 0.15) is 16.1 Å². The summed E-state index contributed by atoms with van der Waals surface area (Å²) in [5.74, 6) is -0.388. The summed E-state index contributed by atoms with van der Waals surface area (Å²) in [5, 5.41) is 19.0. The zero-order valence-electron chi connectivity index (χ0n) is 16.1. The van der Waals surface area contributed by atoms with E-state index in [0.29, 0.717) is 22.0 Å². The van der Waals surface area contributed by atoms with Crippen molar-refractivity contribution in [3.05, 3.63) is 106 Å². The fraction of sp³-hybridized carbons (Fsp3) is 0.0455. The molecular weight excluding hydrogens is 418 g/mol. The van der Waals surface area contributed by atoms with E-state index in [0.717, 1.165) is 5.56 Å². The number of hydrogen-bond acceptors (Lipinski definition) is 5. The number of aromatic nitrogens is 3. The number of rotatable bonds is 6. The van der Waals surface area contributed by atoms with Crippen molar-refractivity contribution in [2.75, 3.05) is 0 Å². The monoisotopic (exact) mass is 433 g/mol. The molecule has 0 unspecified atom stereocenters. The number of benzene rings is 2. The van der Waals surface area contributed by atoms with Crippen molar-refractivity contribution in [2.45, 2.75) is 6.54 Å². The second-order valence-corrected chi connectivity index (χ2v) is 7.03. The molecule has 9 heteroatoms. The second-order valence-electron chi connectivity index (χ2n) is 6.63. The third-order valence-electron chi connectivity index (χ3n) is 4.55. The highest BCUT2D eigenvalue weighted by Gasteiger charge is 2.20. The lowest BCUT2D eigenvalue weighted by atomic mass is 10.1. The fourth-order valence-electron chi connectivity index (χ4n) is 3.05. The standard InChI is InChI=1S/C22H16ClN5O3/c23-19-9-2-1-8-18(19)20-12-21(22(29)25-14-15-5-4-10-24-13-15)27(26-20)16-6-3-7-17(11-16)28(30)31/h1-13H,14H2,(H,25,29). The lowest BCUT2D eigenvalue weighted by Crippen LogP contribution is -2.25. The van der Waals surface area contributed by atoms with E-state index in [-0.39, 0.29) is 23.8 Å². The van der Waals surface area contributed by atoms with E-state index < -0.39 is 4.92 Å². The van der Waals surface area contributed by atoms with Gasteiger partial charge in [-0.2, -0.15) is 5.10 Å². The van der Waals surface area contributed by atoms with Gasteiger partial charge in [0.15, 0.2) is 0 Å². The van der Waals surface area contributed by atoms with Crippen molar-refractivity contribution in [1.29, 1.82) is 0 Å². The zero-order valence-corrected chi connectivity index (χ0v) is 16.9. The molecule has 0 aliphatic carbocycles. The predicted octanol–water partition coefficient (Wildman–Crippen LogP) is 4.43. The van der Waals surface area contributed by atoms with Gasteiger partial charge in [-0.05, 0) is 29.8 Å². The number of nitro benzene ring substituents is 1. The highest BCUT2D eigenvalue weighted by atomic mass is 35.5. The molecule has 2 aromatic carbocycles. The molecule has 0 aliphatic rings. The van der Waals surface area contributed by atoms with E-state index in [1.54, 1.807) is 54.9 Å². The molecule has 1 amide bonds. The molecule has 1 N–H and O–H groups in total. The number of amides is 1. The van der Waals surface area contributed by atoms with Gasteiger partial charge in [0.1, 0.15) is 5.69 Å². The molecule has 2 heterocycles. The number of nitrogens with one attached hydrogen (secondary N) is 1. The molecule has 0 saturated carbocycles. The Labute approximate surface area is 182 Å². The van der Waals surface area contributed by atoms with Crippen molar-refractivity contribution in [3.63, 3.8) is 0 Å². The summed E-state index contributed by atoms with van der Waals surface area (Å²) in [6, 6.07) is 18.3. The highest BCUT2D eigenvalue weighted by Crippen LogP contribution is 2.29. The number of carbonyl (C=O) groups is 1. The molecule has 0 atom stereocenters. The smallest absolute Gasteiger partial charge is 0.271 e. The third-order valence-corrected chi connectivity index (χ3v) is 4.88. The summed E-state index contributed by atoms with van der Waals surface area (Å²) in [4.78, 5) is 27.7. The molecule has 2 aromatic heterocycles. The molecule has 0 radical (unpaired) electrons. The molecule has 4 aromatic rings. The Hall–Kier alpha value is -4.04. The van der Waals surface area contributed by atoms with Crippen molar-refractivity contribution >= 4 is 23.2 Å². The molecule has 0 aliphatic heterocycles. The van der Waals surface area contributed by atoms with Crippen molar-refractivity contribution in [1.82, 2.24) is 20.1 Å². The van der Waals surface area contributed by atoms with Crippen LogP contribution in [0.5, 0.6) is 0 Å². The van der Waals surface area contributed by atoms with Crippen LogP contribution in [0.3, 0.4) is 0 Å². The maximum atomic E-state index is 13.0. The van der Waals surface area contributed by atoms with Gasteiger partial charge in [-0.15, -0.1) is 0 Å². The topological polar surface area (TPSA) is 103 Å². The minimum atomic E-state index is -0.496. The molecule has 0 fully saturated rings. The third kappa shape index (κ3) is 4.44. The Balaban J connectivity index is 1.75. The normalized spacial score (nSPS) is 10.6. The van der Waals surface area contributed by atoms with E-state index >= 15 is 0 Å². The largest absolute Gasteiger partial charge is 0.347 e. The van der Waals surface area contributed by atoms with Gasteiger partial charge in [0, 0.05) is 36.6 Å². The van der Waals surface area contributed by atoms with E-state index in [2.05, 4.69) is 15.4 Å². The quantitative estimate of drug-likeness (QED) is 0.358. The van der Waals surface area contributed by atoms with Crippen LogP contribution in [0.4, 0.5) is 5.69 Å². The Morgan fingerprint density at radius 1 is 1.10 bits per heavy atom. The average molecular weight is 434 g/mol. The summed E-state index contributed by atoms with van der Waals surface area (Å²) < 4.78 is 1.38. The molecular formula is C22H16ClN5O3. The zero-order chi connectivity index (χ0) is 21.8. The van der Waals surface area contributed by atoms with Gasteiger partial charge in [0.05, 0.1) is 21.3 Å². The first kappa shape index (κ1) is 20.2. The molecule has 154 valence electrons. The summed E-state index contributed by atoms with van der Waals surface area (Å²) >= 11 is 6.31. The Morgan fingerprint density at radius 2 is 1.94 bits per heavy atom. The van der Waals surface area contributed by atoms with Crippen molar-refractivity contribution in [3.8, 4) is 16.9 Å². The van der Waals surface area contributed by atoms with E-state index in [9.17, 15) is 14.9 Å². The Kier molecular flexibility index (Phi) is 5.72. The van der Waals surface area contributed by atoms with Gasteiger partial charge >= 0.3 is 0 Å². The predicted molar refractivity (Wildman–Crippen MR) is 116 cm³/mol. The van der Waals surface area contributed by atoms with Crippen LogP contribution in [0, 0.1) is 10.1 Å². The van der Waals surface area contributed by atoms with Crippen LogP contribution >= 0.6 is 11.6 Å². The van der Waals surface area contributed by atoms with E-state index in [1.165, 1.54) is 16.8 Å². The van der Waals surface area contributed by atoms with Crippen LogP contribution < -0.4 is 5.32 Å². The van der Waals surface area contributed by atoms with Gasteiger partial charge in [-0.1, -0.05) is 41.9 Å². The highest BCUT2D eigenvalue weighted by molar-refractivity contribution is 6.33. The van der Waals surface area contributed by atoms with Crippen LogP contribution in [0.25, 0.3) is 16.9 Å². The molecule has 0 spiro atoms. The first-order valence-electron chi connectivity index (χ1n) is 9.30. The van der Waals surface area contributed by atoms with Crippen LogP contribution in [-0.4, -0.2) is 25.6 Å². The van der Waals surface area contributed by atoms with E-state index in [4.69, 9.17) is 11.6 Å². The van der Waals surface area contributed by atoms with E-state index in [1.807, 2.05) is 12.1 Å². The molecule has 0 bridgehead atoms. The van der Waals surface area contributed by atoms with Crippen LogP contribution in [0.15, 0.2) is 79.1 Å². The lowest BCUT2D eigenvalue weighted by Gasteiger charge is -2.08. The number of halogens is 1. The average Bonchev–Trinajstić information content (AvgIpc) is 3.24. The molecule has 31 heavy (non-hydrogen) atoms. The number of hydrogen-bond donors (Lipinski definition) is 1. The van der Waals surface area contributed by atoms with Gasteiger partial charge in [-0.3, -0.25) is 19.9 Å². The van der Waals surface area contributed by atoms with Gasteiger partial charge < -0.3 is 5.32 Å². The number of pyridine rings is 1. The van der Waals surface area contributed by atoms with Crippen LogP contribution in [-0.2, 0) is 6.54 Å². The second kappa shape index (κ2) is 8.76. The number of nitro groups is 1. The Morgan fingerprint density at radius 3 is 2.68 bits per heavy atom. The summed E-state index contributed by atoms with van der Waals surface area (Å²) in [6.07, 6.45) is 3.31. The van der Waals surface area contributed by atoms with Gasteiger partial charge in [-0.25, -0.2) is 4.68 Å². The summed E-state index contributed by atoms with van der Waals surface area (Å²) in [7, 11) is 0. The summed E-state index contributed by atoms with van der Waals surface area (Å²) in [5.41, 5.74) is 2.47. The molecule has 4 rings (SSSR count). The number of non-ortho nitro benzene ring substituents is 1. The number of carbonyl (C=O) groups excluding carboxylic acids is 1. The molecule has 0 saturated heterocycles.